The monoisotopic (exact) mass is 429 g/mol. The van der Waals surface area contributed by atoms with Crippen LogP contribution in [0.3, 0.4) is 0 Å². The summed E-state index contributed by atoms with van der Waals surface area (Å²) in [6, 6.07) is 9.60. The second kappa shape index (κ2) is 10.1. The van der Waals surface area contributed by atoms with E-state index in [9.17, 15) is 4.79 Å². The van der Waals surface area contributed by atoms with Crippen LogP contribution in [0.5, 0.6) is 5.75 Å². The Balaban J connectivity index is 0.00000140. The summed E-state index contributed by atoms with van der Waals surface area (Å²) in [5.41, 5.74) is 6.99. The van der Waals surface area contributed by atoms with Gasteiger partial charge in [0.05, 0.1) is 13.7 Å². The van der Waals surface area contributed by atoms with Crippen molar-refractivity contribution in [3.05, 3.63) is 29.8 Å². The highest BCUT2D eigenvalue weighted by Gasteiger charge is 2.47. The first-order valence-electron chi connectivity index (χ1n) is 10.1. The van der Waals surface area contributed by atoms with Crippen LogP contribution in [-0.2, 0) is 11.2 Å². The van der Waals surface area contributed by atoms with Gasteiger partial charge in [-0.25, -0.2) is 0 Å². The topological polar surface area (TPSA) is 58.8 Å². The van der Waals surface area contributed by atoms with Crippen molar-refractivity contribution in [1.82, 2.24) is 9.80 Å². The van der Waals surface area contributed by atoms with E-state index in [-0.39, 0.29) is 37.3 Å². The van der Waals surface area contributed by atoms with Crippen molar-refractivity contribution in [3.8, 4) is 5.75 Å². The van der Waals surface area contributed by atoms with Crippen LogP contribution in [0.1, 0.15) is 31.2 Å². The number of nitrogens with two attached hydrogens (primary N) is 1. The second-order valence-corrected chi connectivity index (χ2v) is 8.18. The van der Waals surface area contributed by atoms with E-state index in [2.05, 4.69) is 23.1 Å². The van der Waals surface area contributed by atoms with Gasteiger partial charge in [-0.2, -0.15) is 0 Å². The maximum atomic E-state index is 12.3. The fourth-order valence-corrected chi connectivity index (χ4v) is 5.56. The molecule has 0 radical (unpaired) electrons. The van der Waals surface area contributed by atoms with E-state index in [1.807, 2.05) is 11.0 Å². The van der Waals surface area contributed by atoms with Gasteiger partial charge < -0.3 is 15.4 Å². The number of fused-ring (bicyclic) bond motifs is 4. The summed E-state index contributed by atoms with van der Waals surface area (Å²) in [5, 5.41) is 0. The third kappa shape index (κ3) is 4.59. The Morgan fingerprint density at radius 2 is 2.00 bits per heavy atom. The van der Waals surface area contributed by atoms with Crippen LogP contribution >= 0.6 is 24.8 Å². The highest BCUT2D eigenvalue weighted by Crippen LogP contribution is 2.42. The summed E-state index contributed by atoms with van der Waals surface area (Å²) in [6.07, 6.45) is 6.19. The lowest BCUT2D eigenvalue weighted by Crippen LogP contribution is -2.65. The van der Waals surface area contributed by atoms with E-state index in [0.29, 0.717) is 23.9 Å². The van der Waals surface area contributed by atoms with Crippen LogP contribution in [-0.4, -0.2) is 61.1 Å². The maximum absolute atomic E-state index is 12.3. The number of carbonyl (C=O) groups excluding carboxylic acids is 1. The molecule has 0 aromatic heterocycles. The number of hydrogen-bond donors (Lipinski definition) is 1. The predicted molar refractivity (Wildman–Crippen MR) is 117 cm³/mol. The molecule has 3 saturated heterocycles. The molecule has 1 amide bonds. The highest BCUT2D eigenvalue weighted by molar-refractivity contribution is 5.85. The summed E-state index contributed by atoms with van der Waals surface area (Å²) < 4.78 is 5.41. The number of methoxy groups -OCH3 is 1. The molecule has 1 aromatic carbocycles. The summed E-state index contributed by atoms with van der Waals surface area (Å²) >= 11 is 0. The molecule has 4 rings (SSSR count). The van der Waals surface area contributed by atoms with Gasteiger partial charge in [0.15, 0.2) is 0 Å². The normalized spacial score (nSPS) is 29.1. The molecule has 2 N–H and O–H groups in total. The Kier molecular flexibility index (Phi) is 8.44. The van der Waals surface area contributed by atoms with Crippen molar-refractivity contribution < 1.29 is 9.53 Å². The molecule has 5 nitrogen and oxygen atoms in total. The molecule has 0 unspecified atom stereocenters. The molecule has 3 aliphatic heterocycles. The minimum absolute atomic E-state index is 0. The van der Waals surface area contributed by atoms with E-state index < -0.39 is 0 Å². The van der Waals surface area contributed by atoms with Gasteiger partial charge in [0.2, 0.25) is 5.91 Å². The average molecular weight is 430 g/mol. The molecule has 0 spiro atoms. The first kappa shape index (κ1) is 23.3. The third-order valence-electron chi connectivity index (χ3n) is 6.73. The zero-order valence-corrected chi connectivity index (χ0v) is 18.2. The van der Waals surface area contributed by atoms with Gasteiger partial charge in [-0.15, -0.1) is 24.8 Å². The van der Waals surface area contributed by atoms with Gasteiger partial charge in [-0.1, -0.05) is 18.6 Å². The largest absolute Gasteiger partial charge is 0.497 e. The third-order valence-corrected chi connectivity index (χ3v) is 6.73. The molecule has 28 heavy (non-hydrogen) atoms. The fourth-order valence-electron chi connectivity index (χ4n) is 5.56. The smallest absolute Gasteiger partial charge is 0.236 e. The number of halogens is 2. The molecule has 3 aliphatic rings. The summed E-state index contributed by atoms with van der Waals surface area (Å²) in [4.78, 5) is 17.1. The number of nitrogens with zero attached hydrogens (tertiary/aromatic N) is 2. The van der Waals surface area contributed by atoms with Gasteiger partial charge in [0.25, 0.3) is 0 Å². The molecule has 1 aromatic rings. The molecular formula is C21H33Cl2N3O2. The molecule has 158 valence electrons. The van der Waals surface area contributed by atoms with E-state index in [0.717, 1.165) is 25.3 Å². The first-order chi connectivity index (χ1) is 12.7. The van der Waals surface area contributed by atoms with Crippen LogP contribution in [0.4, 0.5) is 0 Å². The number of ether oxygens (including phenoxy) is 1. The van der Waals surface area contributed by atoms with Crippen LogP contribution in [0.15, 0.2) is 24.3 Å². The quantitative estimate of drug-likeness (QED) is 0.798. The van der Waals surface area contributed by atoms with Gasteiger partial charge in [0.1, 0.15) is 5.75 Å². The van der Waals surface area contributed by atoms with E-state index in [1.165, 1.54) is 37.8 Å². The molecule has 0 aliphatic carbocycles. The number of amides is 1. The van der Waals surface area contributed by atoms with Crippen molar-refractivity contribution in [3.63, 3.8) is 0 Å². The Morgan fingerprint density at radius 1 is 1.21 bits per heavy atom. The number of hydrogen-bond acceptors (Lipinski definition) is 4. The minimum Gasteiger partial charge on any atom is -0.497 e. The summed E-state index contributed by atoms with van der Waals surface area (Å²) in [6.45, 7) is 3.11. The molecule has 2 bridgehead atoms. The average Bonchev–Trinajstić information content (AvgIpc) is 2.70. The first-order valence-corrected chi connectivity index (χ1v) is 10.1. The van der Waals surface area contributed by atoms with Gasteiger partial charge in [-0.3, -0.25) is 9.69 Å². The number of piperidine rings is 3. The minimum atomic E-state index is 0. The predicted octanol–water partition coefficient (Wildman–Crippen LogP) is 2.74. The van der Waals surface area contributed by atoms with Crippen LogP contribution in [0.2, 0.25) is 0 Å². The number of benzene rings is 1. The molecule has 3 heterocycles. The highest BCUT2D eigenvalue weighted by atomic mass is 35.5. The molecule has 4 atom stereocenters. The number of rotatable bonds is 4. The Labute approximate surface area is 180 Å². The lowest BCUT2D eigenvalue weighted by molar-refractivity contribution is -0.139. The summed E-state index contributed by atoms with van der Waals surface area (Å²) in [5.74, 6) is 2.20. The van der Waals surface area contributed by atoms with Crippen molar-refractivity contribution in [2.24, 2.45) is 17.6 Å². The molecular weight excluding hydrogens is 397 g/mol. The lowest BCUT2D eigenvalue weighted by Gasteiger charge is -2.57. The van der Waals surface area contributed by atoms with E-state index >= 15 is 0 Å². The van der Waals surface area contributed by atoms with Crippen molar-refractivity contribution >= 4 is 30.7 Å². The lowest BCUT2D eigenvalue weighted by atomic mass is 9.71. The molecule has 7 heteroatoms. The zero-order chi connectivity index (χ0) is 18.1. The van der Waals surface area contributed by atoms with E-state index in [1.54, 1.807) is 7.11 Å². The van der Waals surface area contributed by atoms with Crippen LogP contribution in [0.25, 0.3) is 0 Å². The van der Waals surface area contributed by atoms with Gasteiger partial charge in [-0.05, 0) is 61.8 Å². The SMILES string of the molecule is COc1cccc(C[C@H]2[C@H]3C[C@H](CN(C(=O)CN)C3)[C@@H]3CCCCN32)c1.Cl.Cl. The molecule has 3 fully saturated rings. The van der Waals surface area contributed by atoms with Crippen molar-refractivity contribution in [2.45, 2.75) is 44.2 Å². The van der Waals surface area contributed by atoms with E-state index in [4.69, 9.17) is 10.5 Å². The van der Waals surface area contributed by atoms with Crippen molar-refractivity contribution in [1.29, 1.82) is 0 Å². The van der Waals surface area contributed by atoms with Crippen molar-refractivity contribution in [2.75, 3.05) is 33.3 Å². The van der Waals surface area contributed by atoms with Gasteiger partial charge in [0, 0.05) is 25.2 Å². The Hall–Kier alpha value is -1.01. The number of carbonyl (C=O) groups is 1. The number of likely N-dealkylation sites (tertiary alicyclic amines) is 1. The fraction of sp³-hybridized carbons (Fsp3) is 0.667. The zero-order valence-electron chi connectivity index (χ0n) is 16.6. The Bertz CT molecular complexity index is 660. The maximum Gasteiger partial charge on any atom is 0.236 e. The Morgan fingerprint density at radius 3 is 2.75 bits per heavy atom. The molecule has 0 saturated carbocycles. The van der Waals surface area contributed by atoms with Gasteiger partial charge >= 0.3 is 0 Å². The van der Waals surface area contributed by atoms with Crippen LogP contribution in [0, 0.1) is 11.8 Å². The van der Waals surface area contributed by atoms with Crippen LogP contribution < -0.4 is 10.5 Å². The second-order valence-electron chi connectivity index (χ2n) is 8.18. The summed E-state index contributed by atoms with van der Waals surface area (Å²) in [7, 11) is 1.72. The standard InChI is InChI=1S/C21H31N3O2.2ClH/c1-26-18-6-4-5-15(9-18)10-20-17-11-16(13-23(14-17)21(25)12-22)19-7-2-3-8-24(19)20;;/h4-6,9,16-17,19-20H,2-3,7-8,10-14,22H2,1H3;2*1H/t16-,17+,19+,20+;;/m1../s1.